The van der Waals surface area contributed by atoms with Crippen LogP contribution in [0.4, 0.5) is 0 Å². The van der Waals surface area contributed by atoms with Crippen LogP contribution < -0.4 is 10.6 Å². The van der Waals surface area contributed by atoms with Gasteiger partial charge >= 0.3 is 0 Å². The van der Waals surface area contributed by atoms with Crippen LogP contribution >= 0.6 is 0 Å². The third kappa shape index (κ3) is 7.10. The van der Waals surface area contributed by atoms with Crippen LogP contribution in [0.1, 0.15) is 33.6 Å². The van der Waals surface area contributed by atoms with Crippen LogP contribution in [0.2, 0.25) is 0 Å². The maximum Gasteiger partial charge on any atom is 0.191 e. The first-order valence-electron chi connectivity index (χ1n) is 8.27. The van der Waals surface area contributed by atoms with Crippen molar-refractivity contribution in [3.63, 3.8) is 0 Å². The number of unbranched alkanes of at least 4 members (excludes halogenated alkanes) is 1. The molecule has 1 fully saturated rings. The van der Waals surface area contributed by atoms with E-state index in [2.05, 4.69) is 46.2 Å². The average molecular weight is 283 g/mol. The number of guanidine groups is 1. The fourth-order valence-corrected chi connectivity index (χ4v) is 2.35. The summed E-state index contributed by atoms with van der Waals surface area (Å²) in [6, 6.07) is 0. The summed E-state index contributed by atoms with van der Waals surface area (Å²) in [5.74, 6) is 0.966. The van der Waals surface area contributed by atoms with E-state index < -0.39 is 0 Å². The Labute approximate surface area is 124 Å². The van der Waals surface area contributed by atoms with Crippen molar-refractivity contribution < 1.29 is 0 Å². The van der Waals surface area contributed by atoms with Crippen LogP contribution in [-0.2, 0) is 0 Å². The molecule has 0 aromatic carbocycles. The van der Waals surface area contributed by atoms with Crippen molar-refractivity contribution >= 4 is 5.96 Å². The van der Waals surface area contributed by atoms with Crippen molar-refractivity contribution in [2.45, 2.75) is 33.6 Å². The first kappa shape index (κ1) is 17.2. The van der Waals surface area contributed by atoms with Gasteiger partial charge in [-0.3, -0.25) is 9.89 Å². The van der Waals surface area contributed by atoms with E-state index in [0.29, 0.717) is 0 Å². The summed E-state index contributed by atoms with van der Waals surface area (Å²) in [5, 5.41) is 6.74. The van der Waals surface area contributed by atoms with E-state index in [9.17, 15) is 0 Å². The van der Waals surface area contributed by atoms with E-state index in [1.165, 1.54) is 39.1 Å². The fourth-order valence-electron chi connectivity index (χ4n) is 2.35. The standard InChI is InChI=1S/C15H33N5/c1-4-7-8-17-15(16-5-2)18-9-10-20-13-11-19(6-3)12-14-20/h4-14H2,1-3H3,(H2,16,17,18). The van der Waals surface area contributed by atoms with Crippen molar-refractivity contribution in [2.24, 2.45) is 4.99 Å². The molecule has 0 bridgehead atoms. The van der Waals surface area contributed by atoms with Gasteiger partial charge in [0.05, 0.1) is 0 Å². The second kappa shape index (κ2) is 10.9. The quantitative estimate of drug-likeness (QED) is 0.396. The van der Waals surface area contributed by atoms with Gasteiger partial charge in [0.15, 0.2) is 5.96 Å². The zero-order chi connectivity index (χ0) is 14.6. The van der Waals surface area contributed by atoms with Crippen LogP contribution in [0.5, 0.6) is 0 Å². The molecule has 0 spiro atoms. The van der Waals surface area contributed by atoms with Gasteiger partial charge in [0.25, 0.3) is 0 Å². The minimum absolute atomic E-state index is 0.918. The summed E-state index contributed by atoms with van der Waals surface area (Å²) < 4.78 is 0. The van der Waals surface area contributed by atoms with Crippen molar-refractivity contribution in [3.8, 4) is 0 Å². The molecule has 0 radical (unpaired) electrons. The highest BCUT2D eigenvalue weighted by molar-refractivity contribution is 5.79. The molecule has 118 valence electrons. The molecular weight excluding hydrogens is 250 g/mol. The van der Waals surface area contributed by atoms with Gasteiger partial charge in [0, 0.05) is 52.4 Å². The first-order valence-corrected chi connectivity index (χ1v) is 8.27. The number of nitrogens with zero attached hydrogens (tertiary/aromatic N) is 3. The SMILES string of the molecule is CCCCN=C(NCC)NCCN1CCN(CC)CC1. The molecule has 1 aliphatic rings. The van der Waals surface area contributed by atoms with E-state index in [1.807, 2.05) is 0 Å². The third-order valence-corrected chi connectivity index (χ3v) is 3.76. The predicted molar refractivity (Wildman–Crippen MR) is 87.4 cm³/mol. The Morgan fingerprint density at radius 3 is 2.30 bits per heavy atom. The molecule has 1 rings (SSSR count). The highest BCUT2D eigenvalue weighted by Crippen LogP contribution is 1.99. The minimum atomic E-state index is 0.918. The topological polar surface area (TPSA) is 42.9 Å². The second-order valence-electron chi connectivity index (χ2n) is 5.32. The summed E-state index contributed by atoms with van der Waals surface area (Å²) in [6.45, 7) is 16.5. The maximum absolute atomic E-state index is 4.58. The molecule has 1 heterocycles. The lowest BCUT2D eigenvalue weighted by molar-refractivity contribution is 0.139. The number of likely N-dealkylation sites (N-methyl/N-ethyl adjacent to an activating group) is 1. The average Bonchev–Trinajstić information content (AvgIpc) is 2.48. The number of hydrogen-bond acceptors (Lipinski definition) is 3. The van der Waals surface area contributed by atoms with Gasteiger partial charge in [-0.05, 0) is 19.9 Å². The van der Waals surface area contributed by atoms with Gasteiger partial charge in [0.1, 0.15) is 0 Å². The maximum atomic E-state index is 4.58. The molecule has 5 nitrogen and oxygen atoms in total. The third-order valence-electron chi connectivity index (χ3n) is 3.76. The molecular formula is C15H33N5. The summed E-state index contributed by atoms with van der Waals surface area (Å²) in [5.41, 5.74) is 0. The number of piperazine rings is 1. The van der Waals surface area contributed by atoms with Crippen LogP contribution in [0.3, 0.4) is 0 Å². The van der Waals surface area contributed by atoms with Crippen molar-refractivity contribution in [2.75, 3.05) is 58.9 Å². The summed E-state index contributed by atoms with van der Waals surface area (Å²) in [4.78, 5) is 9.63. The Hall–Kier alpha value is -0.810. The van der Waals surface area contributed by atoms with Gasteiger partial charge in [-0.2, -0.15) is 0 Å². The lowest BCUT2D eigenvalue weighted by Crippen LogP contribution is -2.49. The minimum Gasteiger partial charge on any atom is -0.357 e. The van der Waals surface area contributed by atoms with Gasteiger partial charge < -0.3 is 15.5 Å². The Bertz CT molecular complexity index is 259. The number of nitrogens with one attached hydrogen (secondary N) is 2. The van der Waals surface area contributed by atoms with Crippen molar-refractivity contribution in [3.05, 3.63) is 0 Å². The number of rotatable bonds is 8. The largest absolute Gasteiger partial charge is 0.357 e. The predicted octanol–water partition coefficient (Wildman–Crippen LogP) is 0.979. The lowest BCUT2D eigenvalue weighted by Gasteiger charge is -2.34. The van der Waals surface area contributed by atoms with Crippen LogP contribution in [-0.4, -0.2) is 74.7 Å². The molecule has 5 heteroatoms. The van der Waals surface area contributed by atoms with Crippen LogP contribution in [0, 0.1) is 0 Å². The zero-order valence-corrected chi connectivity index (χ0v) is 13.6. The first-order chi connectivity index (χ1) is 9.80. The molecule has 20 heavy (non-hydrogen) atoms. The molecule has 0 saturated carbocycles. The van der Waals surface area contributed by atoms with Gasteiger partial charge in [-0.15, -0.1) is 0 Å². The monoisotopic (exact) mass is 283 g/mol. The Kier molecular flexibility index (Phi) is 9.41. The highest BCUT2D eigenvalue weighted by Gasteiger charge is 2.14. The van der Waals surface area contributed by atoms with E-state index in [1.54, 1.807) is 0 Å². The van der Waals surface area contributed by atoms with E-state index in [4.69, 9.17) is 0 Å². The summed E-state index contributed by atoms with van der Waals surface area (Å²) in [7, 11) is 0. The van der Waals surface area contributed by atoms with E-state index in [0.717, 1.165) is 38.6 Å². The summed E-state index contributed by atoms with van der Waals surface area (Å²) >= 11 is 0. The Morgan fingerprint density at radius 2 is 1.70 bits per heavy atom. The molecule has 1 saturated heterocycles. The van der Waals surface area contributed by atoms with Gasteiger partial charge in [-0.1, -0.05) is 20.3 Å². The highest BCUT2D eigenvalue weighted by atomic mass is 15.3. The molecule has 0 aromatic rings. The Morgan fingerprint density at radius 1 is 1.00 bits per heavy atom. The van der Waals surface area contributed by atoms with Gasteiger partial charge in [-0.25, -0.2) is 0 Å². The summed E-state index contributed by atoms with van der Waals surface area (Å²) in [6.07, 6.45) is 2.36. The lowest BCUT2D eigenvalue weighted by atomic mass is 10.3. The molecule has 0 atom stereocenters. The zero-order valence-electron chi connectivity index (χ0n) is 13.6. The number of aliphatic imine (C=N–C) groups is 1. The van der Waals surface area contributed by atoms with E-state index in [-0.39, 0.29) is 0 Å². The number of hydrogen-bond donors (Lipinski definition) is 2. The molecule has 2 N–H and O–H groups in total. The second-order valence-corrected chi connectivity index (χ2v) is 5.32. The van der Waals surface area contributed by atoms with Gasteiger partial charge in [0.2, 0.25) is 0 Å². The normalized spacial score (nSPS) is 18.2. The molecule has 0 amide bonds. The van der Waals surface area contributed by atoms with Crippen LogP contribution in [0.15, 0.2) is 4.99 Å². The molecule has 0 aliphatic carbocycles. The molecule has 0 aromatic heterocycles. The smallest absolute Gasteiger partial charge is 0.191 e. The van der Waals surface area contributed by atoms with Crippen molar-refractivity contribution in [1.29, 1.82) is 0 Å². The van der Waals surface area contributed by atoms with E-state index >= 15 is 0 Å². The van der Waals surface area contributed by atoms with Crippen molar-refractivity contribution in [1.82, 2.24) is 20.4 Å². The Balaban J connectivity index is 2.18. The molecule has 1 aliphatic heterocycles. The molecule has 0 unspecified atom stereocenters. The fraction of sp³-hybridized carbons (Fsp3) is 0.933. The van der Waals surface area contributed by atoms with Crippen LogP contribution in [0.25, 0.3) is 0 Å².